The van der Waals surface area contributed by atoms with Crippen molar-refractivity contribution in [2.75, 3.05) is 0 Å². The van der Waals surface area contributed by atoms with Crippen LogP contribution < -0.4 is 34.4 Å². The van der Waals surface area contributed by atoms with Crippen molar-refractivity contribution >= 4 is 36.5 Å². The summed E-state index contributed by atoms with van der Waals surface area (Å²) in [5.41, 5.74) is 33.2. The van der Waals surface area contributed by atoms with Gasteiger partial charge in [-0.2, -0.15) is 15.3 Å². The Kier molecular flexibility index (Phi) is 6.89. The van der Waals surface area contributed by atoms with Crippen molar-refractivity contribution < 1.29 is 0 Å². The second-order valence-corrected chi connectivity index (χ2v) is 4.24. The fraction of sp³-hybridized carbons (Fsp3) is 0. The third-order valence-electron chi connectivity index (χ3n) is 2.14. The average molecular weight is 330 g/mol. The first kappa shape index (κ1) is 18.1. The van der Waals surface area contributed by atoms with Crippen molar-refractivity contribution in [3.63, 3.8) is 0 Å². The summed E-state index contributed by atoms with van der Waals surface area (Å²) in [6.07, 6.45) is 4.32. The number of guanidine groups is 3. The Balaban J connectivity index is 3.18. The van der Waals surface area contributed by atoms with Crippen molar-refractivity contribution in [3.8, 4) is 0 Å². The van der Waals surface area contributed by atoms with Gasteiger partial charge in [0, 0.05) is 0 Å². The lowest BCUT2D eigenvalue weighted by molar-refractivity contribution is 1.21. The molecule has 126 valence electrons. The highest BCUT2D eigenvalue weighted by Gasteiger charge is 1.97. The molecule has 0 atom stereocenters. The lowest BCUT2D eigenvalue weighted by Gasteiger charge is -1.99. The molecule has 0 saturated heterocycles. The normalized spacial score (nSPS) is 11.0. The monoisotopic (exact) mass is 330 g/mol. The van der Waals surface area contributed by atoms with Crippen LogP contribution in [0.5, 0.6) is 0 Å². The quantitative estimate of drug-likeness (QED) is 0.187. The molecule has 0 heterocycles. The van der Waals surface area contributed by atoms with Gasteiger partial charge in [-0.05, 0) is 34.9 Å². The number of hydrogen-bond acceptors (Lipinski definition) is 6. The highest BCUT2D eigenvalue weighted by atomic mass is 15.3. The zero-order valence-corrected chi connectivity index (χ0v) is 12.6. The summed E-state index contributed by atoms with van der Waals surface area (Å²) in [4.78, 5) is 0. The van der Waals surface area contributed by atoms with E-state index in [1.165, 1.54) is 18.6 Å². The lowest BCUT2D eigenvalue weighted by atomic mass is 10.1. The second kappa shape index (κ2) is 9.14. The standard InChI is InChI=1S/C12H18N12/c13-10(14)22-19-4-7-1-8(5-20-23-11(15)16)3-9(2-7)6-21-24-12(17)18/h1-6H,(H4,13,14,22)(H4,15,16,23)(H4,17,18,24). The molecule has 12 nitrogen and oxygen atoms in total. The third kappa shape index (κ3) is 7.72. The summed E-state index contributed by atoms with van der Waals surface area (Å²) in [7, 11) is 0. The van der Waals surface area contributed by atoms with Gasteiger partial charge in [-0.25, -0.2) is 0 Å². The van der Waals surface area contributed by atoms with Crippen LogP contribution in [-0.4, -0.2) is 36.5 Å². The van der Waals surface area contributed by atoms with E-state index in [0.29, 0.717) is 16.7 Å². The molecular formula is C12H18N12. The van der Waals surface area contributed by atoms with E-state index in [1.54, 1.807) is 18.2 Å². The molecule has 1 rings (SSSR count). The van der Waals surface area contributed by atoms with E-state index in [4.69, 9.17) is 34.4 Å². The van der Waals surface area contributed by atoms with Crippen LogP contribution in [0.4, 0.5) is 0 Å². The average Bonchev–Trinajstić information content (AvgIpc) is 2.46. The summed E-state index contributed by atoms with van der Waals surface area (Å²) < 4.78 is 0. The minimum absolute atomic E-state index is 0.161. The number of rotatable bonds is 6. The molecule has 0 aliphatic rings. The van der Waals surface area contributed by atoms with Crippen LogP contribution in [0.25, 0.3) is 0 Å². The summed E-state index contributed by atoms with van der Waals surface area (Å²) in [6.45, 7) is 0. The maximum atomic E-state index is 5.20. The summed E-state index contributed by atoms with van der Waals surface area (Å²) in [6, 6.07) is 5.24. The maximum Gasteiger partial charge on any atom is 0.211 e. The second-order valence-electron chi connectivity index (χ2n) is 4.24. The van der Waals surface area contributed by atoms with Crippen molar-refractivity contribution in [1.82, 2.24) is 0 Å². The van der Waals surface area contributed by atoms with Crippen LogP contribution in [0.15, 0.2) is 48.8 Å². The zero-order valence-electron chi connectivity index (χ0n) is 12.6. The number of nitrogens with zero attached hydrogens (tertiary/aromatic N) is 6. The SMILES string of the molecule is NC(N)=NN=Cc1cc(C=NN=C(N)N)cc(C=NN=C(N)N)c1. The van der Waals surface area contributed by atoms with Gasteiger partial charge in [-0.1, -0.05) is 0 Å². The van der Waals surface area contributed by atoms with Gasteiger partial charge in [-0.15, -0.1) is 15.3 Å². The number of nitrogens with two attached hydrogens (primary N) is 6. The van der Waals surface area contributed by atoms with Gasteiger partial charge in [0.05, 0.1) is 18.6 Å². The predicted molar refractivity (Wildman–Crippen MR) is 96.7 cm³/mol. The zero-order chi connectivity index (χ0) is 17.9. The van der Waals surface area contributed by atoms with Crippen molar-refractivity contribution in [2.24, 2.45) is 65.0 Å². The fourth-order valence-electron chi connectivity index (χ4n) is 1.41. The smallest absolute Gasteiger partial charge is 0.211 e. The van der Waals surface area contributed by atoms with Crippen LogP contribution in [0.2, 0.25) is 0 Å². The molecule has 0 fully saturated rings. The molecule has 24 heavy (non-hydrogen) atoms. The lowest BCUT2D eigenvalue weighted by Crippen LogP contribution is -2.21. The predicted octanol–water partition coefficient (Wildman–Crippen LogP) is -2.49. The van der Waals surface area contributed by atoms with E-state index in [1.807, 2.05) is 0 Å². The van der Waals surface area contributed by atoms with Gasteiger partial charge >= 0.3 is 0 Å². The largest absolute Gasteiger partial charge is 0.369 e. The summed E-state index contributed by atoms with van der Waals surface area (Å²) in [5, 5.41) is 21.7. The Morgan fingerprint density at radius 2 is 0.792 bits per heavy atom. The molecule has 0 saturated carbocycles. The summed E-state index contributed by atoms with van der Waals surface area (Å²) >= 11 is 0. The molecule has 0 aliphatic heterocycles. The first-order chi connectivity index (χ1) is 11.4. The Morgan fingerprint density at radius 1 is 0.542 bits per heavy atom. The first-order valence-corrected chi connectivity index (χ1v) is 6.38. The van der Waals surface area contributed by atoms with Crippen LogP contribution in [-0.2, 0) is 0 Å². The van der Waals surface area contributed by atoms with Crippen molar-refractivity contribution in [1.29, 1.82) is 0 Å². The van der Waals surface area contributed by atoms with Gasteiger partial charge in [0.2, 0.25) is 17.9 Å². The number of benzene rings is 1. The van der Waals surface area contributed by atoms with E-state index in [-0.39, 0.29) is 17.9 Å². The molecule has 0 amide bonds. The Bertz CT molecular complexity index is 616. The molecule has 0 spiro atoms. The molecule has 0 unspecified atom stereocenters. The highest BCUT2D eigenvalue weighted by molar-refractivity contribution is 5.92. The minimum atomic E-state index is -0.161. The Morgan fingerprint density at radius 3 is 1.00 bits per heavy atom. The molecule has 1 aromatic carbocycles. The molecule has 1 aromatic rings. The molecule has 12 N–H and O–H groups in total. The van der Waals surface area contributed by atoms with Gasteiger partial charge in [0.15, 0.2) is 0 Å². The minimum Gasteiger partial charge on any atom is -0.369 e. The molecule has 0 aliphatic carbocycles. The van der Waals surface area contributed by atoms with E-state index >= 15 is 0 Å². The topological polar surface area (TPSA) is 230 Å². The van der Waals surface area contributed by atoms with Crippen LogP contribution >= 0.6 is 0 Å². The maximum absolute atomic E-state index is 5.20. The highest BCUT2D eigenvalue weighted by Crippen LogP contribution is 2.07. The third-order valence-corrected chi connectivity index (χ3v) is 2.14. The first-order valence-electron chi connectivity index (χ1n) is 6.38. The van der Waals surface area contributed by atoms with Crippen LogP contribution in [0, 0.1) is 0 Å². The molecule has 0 bridgehead atoms. The van der Waals surface area contributed by atoms with Gasteiger partial charge in [0.25, 0.3) is 0 Å². The molecule has 12 heteroatoms. The Labute approximate surface area is 137 Å². The van der Waals surface area contributed by atoms with Crippen molar-refractivity contribution in [2.45, 2.75) is 0 Å². The van der Waals surface area contributed by atoms with Crippen LogP contribution in [0.3, 0.4) is 0 Å². The van der Waals surface area contributed by atoms with E-state index in [0.717, 1.165) is 0 Å². The van der Waals surface area contributed by atoms with E-state index in [9.17, 15) is 0 Å². The Hall–Kier alpha value is -3.96. The van der Waals surface area contributed by atoms with Gasteiger partial charge in [-0.3, -0.25) is 0 Å². The molecule has 0 aromatic heterocycles. The van der Waals surface area contributed by atoms with E-state index in [2.05, 4.69) is 30.6 Å². The van der Waals surface area contributed by atoms with Gasteiger partial charge < -0.3 is 34.4 Å². The van der Waals surface area contributed by atoms with E-state index < -0.39 is 0 Å². The summed E-state index contributed by atoms with van der Waals surface area (Å²) in [5.74, 6) is -0.483. The van der Waals surface area contributed by atoms with Gasteiger partial charge in [0.1, 0.15) is 0 Å². The van der Waals surface area contributed by atoms with Crippen LogP contribution in [0.1, 0.15) is 16.7 Å². The number of hydrogen-bond donors (Lipinski definition) is 6. The fourth-order valence-corrected chi connectivity index (χ4v) is 1.41. The molecule has 0 radical (unpaired) electrons. The van der Waals surface area contributed by atoms with Crippen molar-refractivity contribution in [3.05, 3.63) is 34.9 Å². The molecular weight excluding hydrogens is 312 g/mol.